The van der Waals surface area contributed by atoms with Crippen molar-refractivity contribution in [3.8, 4) is 0 Å². The van der Waals surface area contributed by atoms with Crippen molar-refractivity contribution in [1.82, 2.24) is 5.32 Å². The summed E-state index contributed by atoms with van der Waals surface area (Å²) in [4.78, 5) is 11.4. The summed E-state index contributed by atoms with van der Waals surface area (Å²) >= 11 is 0. The summed E-state index contributed by atoms with van der Waals surface area (Å²) in [6.07, 6.45) is 15.1. The highest BCUT2D eigenvalue weighted by molar-refractivity contribution is 5.87. The van der Waals surface area contributed by atoms with Gasteiger partial charge in [0.05, 0.1) is 0 Å². The summed E-state index contributed by atoms with van der Waals surface area (Å²) in [6, 6.07) is 0. The lowest BCUT2D eigenvalue weighted by Gasteiger charge is -2.18. The smallest absolute Gasteiger partial charge is 0.244 e. The van der Waals surface area contributed by atoms with E-state index in [-0.39, 0.29) is 11.4 Å². The predicted molar refractivity (Wildman–Crippen MR) is 79.6 cm³/mol. The summed E-state index contributed by atoms with van der Waals surface area (Å²) in [5.74, 6) is -0.00516. The molecule has 1 amide bonds. The van der Waals surface area contributed by atoms with E-state index in [1.165, 1.54) is 25.7 Å². The van der Waals surface area contributed by atoms with Crippen LogP contribution in [0, 0.1) is 0 Å². The summed E-state index contributed by atoms with van der Waals surface area (Å²) < 4.78 is 0. The van der Waals surface area contributed by atoms with Gasteiger partial charge in [0.15, 0.2) is 0 Å². The van der Waals surface area contributed by atoms with Gasteiger partial charge in [-0.15, -0.1) is 0 Å². The van der Waals surface area contributed by atoms with Crippen molar-refractivity contribution in [3.63, 3.8) is 0 Å². The van der Waals surface area contributed by atoms with Crippen LogP contribution in [0.4, 0.5) is 0 Å². The Morgan fingerprint density at radius 1 is 1.00 bits per heavy atom. The molecule has 1 N–H and O–H groups in total. The summed E-state index contributed by atoms with van der Waals surface area (Å²) in [5, 5.41) is 2.90. The van der Waals surface area contributed by atoms with Crippen LogP contribution in [0.5, 0.6) is 0 Å². The van der Waals surface area contributed by atoms with Crippen molar-refractivity contribution in [2.24, 2.45) is 0 Å². The van der Waals surface area contributed by atoms with E-state index in [0.717, 1.165) is 12.8 Å². The van der Waals surface area contributed by atoms with Gasteiger partial charge < -0.3 is 5.32 Å². The van der Waals surface area contributed by atoms with E-state index in [2.05, 4.69) is 24.4 Å². The second-order valence-corrected chi connectivity index (χ2v) is 5.69. The Morgan fingerprint density at radius 2 is 1.61 bits per heavy atom. The quantitative estimate of drug-likeness (QED) is 0.387. The van der Waals surface area contributed by atoms with Crippen LogP contribution in [-0.2, 0) is 4.79 Å². The minimum absolute atomic E-state index is 0.00516. The Hall–Kier alpha value is -1.05. The third kappa shape index (κ3) is 13.0. The van der Waals surface area contributed by atoms with Crippen LogP contribution in [-0.4, -0.2) is 11.4 Å². The van der Waals surface area contributed by atoms with E-state index >= 15 is 0 Å². The first-order valence-corrected chi connectivity index (χ1v) is 7.09. The first-order chi connectivity index (χ1) is 8.45. The van der Waals surface area contributed by atoms with Crippen LogP contribution in [0.25, 0.3) is 0 Å². The number of carbonyl (C=O) groups excluding carboxylic acids is 1. The Kier molecular flexibility index (Phi) is 9.35. The van der Waals surface area contributed by atoms with Gasteiger partial charge in [-0.3, -0.25) is 4.79 Å². The third-order valence-electron chi connectivity index (χ3n) is 2.41. The SMILES string of the molecule is CCCCC/C=C\CC/C=C/C(=O)NC(C)(C)C. The molecule has 0 spiro atoms. The van der Waals surface area contributed by atoms with Gasteiger partial charge >= 0.3 is 0 Å². The van der Waals surface area contributed by atoms with Crippen molar-refractivity contribution >= 4 is 5.91 Å². The standard InChI is InChI=1S/C16H29NO/c1-5-6-7-8-9-10-11-12-13-14-15(18)17-16(2,3)4/h9-10,13-14H,5-8,11-12H2,1-4H3,(H,17,18)/b10-9-,14-13+. The van der Waals surface area contributed by atoms with E-state index in [0.29, 0.717) is 0 Å². The fourth-order valence-corrected chi connectivity index (χ4v) is 1.54. The van der Waals surface area contributed by atoms with Gasteiger partial charge in [-0.05, 0) is 52.5 Å². The lowest BCUT2D eigenvalue weighted by atomic mass is 10.1. The van der Waals surface area contributed by atoms with Crippen LogP contribution >= 0.6 is 0 Å². The van der Waals surface area contributed by atoms with Crippen molar-refractivity contribution in [2.45, 2.75) is 71.8 Å². The van der Waals surface area contributed by atoms with E-state index in [9.17, 15) is 4.79 Å². The molecule has 0 saturated carbocycles. The maximum Gasteiger partial charge on any atom is 0.244 e. The molecule has 18 heavy (non-hydrogen) atoms. The zero-order chi connectivity index (χ0) is 13.9. The minimum Gasteiger partial charge on any atom is -0.348 e. The average molecular weight is 251 g/mol. The Morgan fingerprint density at radius 3 is 2.22 bits per heavy atom. The largest absolute Gasteiger partial charge is 0.348 e. The highest BCUT2D eigenvalue weighted by Crippen LogP contribution is 2.02. The van der Waals surface area contributed by atoms with Crippen molar-refractivity contribution in [2.75, 3.05) is 0 Å². The molecule has 0 aliphatic rings. The fraction of sp³-hybridized carbons (Fsp3) is 0.688. The van der Waals surface area contributed by atoms with Gasteiger partial charge in [0.2, 0.25) is 5.91 Å². The highest BCUT2D eigenvalue weighted by Gasteiger charge is 2.10. The first kappa shape index (κ1) is 16.9. The molecule has 0 aliphatic carbocycles. The normalized spacial score (nSPS) is 12.4. The molecule has 0 saturated heterocycles. The van der Waals surface area contributed by atoms with E-state index in [1.807, 2.05) is 26.8 Å². The monoisotopic (exact) mass is 251 g/mol. The molecule has 104 valence electrons. The molecule has 2 nitrogen and oxygen atoms in total. The van der Waals surface area contributed by atoms with E-state index < -0.39 is 0 Å². The summed E-state index contributed by atoms with van der Waals surface area (Å²) in [5.41, 5.74) is -0.152. The molecule has 2 heteroatoms. The molecular formula is C16H29NO. The second kappa shape index (κ2) is 9.93. The van der Waals surface area contributed by atoms with Crippen LogP contribution in [0.1, 0.15) is 66.2 Å². The minimum atomic E-state index is -0.152. The topological polar surface area (TPSA) is 29.1 Å². The maximum atomic E-state index is 11.4. The van der Waals surface area contributed by atoms with Crippen molar-refractivity contribution in [1.29, 1.82) is 0 Å². The molecule has 0 aromatic rings. The maximum absolute atomic E-state index is 11.4. The van der Waals surface area contributed by atoms with Crippen LogP contribution in [0.2, 0.25) is 0 Å². The number of amides is 1. The Labute approximate surface area is 113 Å². The molecular weight excluding hydrogens is 222 g/mol. The average Bonchev–Trinajstić information content (AvgIpc) is 2.24. The number of nitrogens with one attached hydrogen (secondary N) is 1. The number of hydrogen-bond acceptors (Lipinski definition) is 1. The Balaban J connectivity index is 3.56. The van der Waals surface area contributed by atoms with Crippen LogP contribution < -0.4 is 5.32 Å². The third-order valence-corrected chi connectivity index (χ3v) is 2.41. The molecule has 0 unspecified atom stereocenters. The van der Waals surface area contributed by atoms with Crippen LogP contribution in [0.3, 0.4) is 0 Å². The number of carbonyl (C=O) groups is 1. The predicted octanol–water partition coefficient (Wildman–Crippen LogP) is 4.37. The molecule has 0 atom stereocenters. The summed E-state index contributed by atoms with van der Waals surface area (Å²) in [7, 11) is 0. The zero-order valence-corrected chi connectivity index (χ0v) is 12.5. The number of allylic oxidation sites excluding steroid dienone is 3. The molecule has 0 aromatic carbocycles. The van der Waals surface area contributed by atoms with Crippen molar-refractivity contribution < 1.29 is 4.79 Å². The lowest BCUT2D eigenvalue weighted by Crippen LogP contribution is -2.39. The number of hydrogen-bond donors (Lipinski definition) is 1. The van der Waals surface area contributed by atoms with Gasteiger partial charge in [0.25, 0.3) is 0 Å². The van der Waals surface area contributed by atoms with Crippen molar-refractivity contribution in [3.05, 3.63) is 24.3 Å². The lowest BCUT2D eigenvalue weighted by molar-refractivity contribution is -0.117. The van der Waals surface area contributed by atoms with Gasteiger partial charge in [-0.2, -0.15) is 0 Å². The molecule has 0 fully saturated rings. The summed E-state index contributed by atoms with van der Waals surface area (Å²) in [6.45, 7) is 8.17. The molecule has 0 rings (SSSR count). The first-order valence-electron chi connectivity index (χ1n) is 7.09. The molecule has 0 aliphatic heterocycles. The van der Waals surface area contributed by atoms with E-state index in [4.69, 9.17) is 0 Å². The molecule has 0 bridgehead atoms. The van der Waals surface area contributed by atoms with E-state index in [1.54, 1.807) is 6.08 Å². The number of rotatable bonds is 8. The number of unbranched alkanes of at least 4 members (excludes halogenated alkanes) is 4. The molecule has 0 aromatic heterocycles. The highest BCUT2D eigenvalue weighted by atomic mass is 16.1. The molecule has 0 radical (unpaired) electrons. The van der Waals surface area contributed by atoms with Gasteiger partial charge in [0, 0.05) is 5.54 Å². The van der Waals surface area contributed by atoms with Crippen LogP contribution in [0.15, 0.2) is 24.3 Å². The van der Waals surface area contributed by atoms with Gasteiger partial charge in [-0.25, -0.2) is 0 Å². The van der Waals surface area contributed by atoms with Gasteiger partial charge in [0.1, 0.15) is 0 Å². The zero-order valence-electron chi connectivity index (χ0n) is 12.5. The van der Waals surface area contributed by atoms with Gasteiger partial charge in [-0.1, -0.05) is 38.0 Å². The second-order valence-electron chi connectivity index (χ2n) is 5.69. The Bertz CT molecular complexity index is 271. The molecule has 0 heterocycles. The fourth-order valence-electron chi connectivity index (χ4n) is 1.54.